The summed E-state index contributed by atoms with van der Waals surface area (Å²) in [7, 11) is 0. The van der Waals surface area contributed by atoms with Crippen LogP contribution in [0.25, 0.3) is 12.2 Å². The summed E-state index contributed by atoms with van der Waals surface area (Å²) < 4.78 is 0. The molecule has 1 unspecified atom stereocenters. The first kappa shape index (κ1) is 14.5. The number of fused-ring (bicyclic) bond motifs is 2. The van der Waals surface area contributed by atoms with E-state index in [1.807, 2.05) is 54.6 Å². The Morgan fingerprint density at radius 3 is 2.36 bits per heavy atom. The second-order valence-corrected chi connectivity index (χ2v) is 5.63. The van der Waals surface area contributed by atoms with Crippen LogP contribution in [0.1, 0.15) is 28.2 Å². The number of hydrogen-bond donors (Lipinski definition) is 0. The van der Waals surface area contributed by atoms with Crippen molar-refractivity contribution in [2.45, 2.75) is 5.92 Å². The van der Waals surface area contributed by atoms with Crippen molar-refractivity contribution in [3.8, 4) is 0 Å². The molecular weight excluding hydrogens is 298 g/mol. The highest BCUT2D eigenvalue weighted by atomic mass is 35.5. The molecule has 22 heavy (non-hydrogen) atoms. The lowest BCUT2D eigenvalue weighted by molar-refractivity contribution is -0.129. The summed E-state index contributed by atoms with van der Waals surface area (Å²) >= 11 is 6.15. The van der Waals surface area contributed by atoms with Gasteiger partial charge in [-0.15, -0.1) is 0 Å². The van der Waals surface area contributed by atoms with Crippen LogP contribution in [0.5, 0.6) is 0 Å². The van der Waals surface area contributed by atoms with E-state index in [9.17, 15) is 9.59 Å². The quantitative estimate of drug-likeness (QED) is 0.809. The van der Waals surface area contributed by atoms with E-state index in [4.69, 9.17) is 11.6 Å². The summed E-state index contributed by atoms with van der Waals surface area (Å²) in [5.41, 5.74) is 4.22. The average Bonchev–Trinajstić information content (AvgIpc) is 2.69. The normalized spacial score (nSPS) is 15.4. The maximum Gasteiger partial charge on any atom is 0.216 e. The Kier molecular flexibility index (Phi) is 4.07. The van der Waals surface area contributed by atoms with Crippen LogP contribution in [-0.4, -0.2) is 24.3 Å². The number of amides is 2. The molecule has 0 aromatic heterocycles. The SMILES string of the molecule is O=CN(C=O)CC1c2ccccc2C=Cc2ccc(Cl)cc21. The van der Waals surface area contributed by atoms with Crippen molar-refractivity contribution >= 4 is 36.6 Å². The first-order valence-electron chi connectivity index (χ1n) is 6.95. The molecular formula is C18H14ClNO2. The van der Waals surface area contributed by atoms with Crippen LogP contribution in [0.4, 0.5) is 0 Å². The van der Waals surface area contributed by atoms with E-state index in [0.717, 1.165) is 27.2 Å². The summed E-state index contributed by atoms with van der Waals surface area (Å²) in [4.78, 5) is 23.2. The Morgan fingerprint density at radius 1 is 0.955 bits per heavy atom. The van der Waals surface area contributed by atoms with Gasteiger partial charge in [0.25, 0.3) is 0 Å². The van der Waals surface area contributed by atoms with Gasteiger partial charge in [-0.3, -0.25) is 14.5 Å². The largest absolute Gasteiger partial charge is 0.287 e. The number of nitrogens with zero attached hydrogens (tertiary/aromatic N) is 1. The molecule has 0 spiro atoms. The van der Waals surface area contributed by atoms with Crippen molar-refractivity contribution in [2.24, 2.45) is 0 Å². The van der Waals surface area contributed by atoms with Crippen LogP contribution >= 0.6 is 11.6 Å². The van der Waals surface area contributed by atoms with E-state index in [1.165, 1.54) is 0 Å². The number of imide groups is 1. The Morgan fingerprint density at radius 2 is 1.64 bits per heavy atom. The van der Waals surface area contributed by atoms with Crippen molar-refractivity contribution in [3.05, 3.63) is 69.7 Å². The monoisotopic (exact) mass is 311 g/mol. The van der Waals surface area contributed by atoms with Crippen LogP contribution in [0, 0.1) is 0 Å². The molecule has 3 nitrogen and oxygen atoms in total. The molecule has 0 aliphatic heterocycles. The fraction of sp³-hybridized carbons (Fsp3) is 0.111. The van der Waals surface area contributed by atoms with Gasteiger partial charge in [0.15, 0.2) is 0 Å². The summed E-state index contributed by atoms with van der Waals surface area (Å²) in [6.07, 6.45) is 5.20. The van der Waals surface area contributed by atoms with Gasteiger partial charge in [0.05, 0.1) is 0 Å². The fourth-order valence-electron chi connectivity index (χ4n) is 2.84. The van der Waals surface area contributed by atoms with E-state index in [1.54, 1.807) is 0 Å². The Hall–Kier alpha value is -2.39. The van der Waals surface area contributed by atoms with Crippen LogP contribution in [0.15, 0.2) is 42.5 Å². The number of hydrogen-bond acceptors (Lipinski definition) is 2. The van der Waals surface area contributed by atoms with Gasteiger partial charge in [0, 0.05) is 17.5 Å². The van der Waals surface area contributed by atoms with Gasteiger partial charge in [-0.1, -0.05) is 54.1 Å². The van der Waals surface area contributed by atoms with Crippen LogP contribution in [-0.2, 0) is 9.59 Å². The van der Waals surface area contributed by atoms with Crippen molar-refractivity contribution in [1.29, 1.82) is 0 Å². The van der Waals surface area contributed by atoms with Crippen molar-refractivity contribution in [2.75, 3.05) is 6.54 Å². The van der Waals surface area contributed by atoms with Gasteiger partial charge in [-0.25, -0.2) is 0 Å². The summed E-state index contributed by atoms with van der Waals surface area (Å²) in [6.45, 7) is 0.291. The van der Waals surface area contributed by atoms with Crippen LogP contribution < -0.4 is 0 Å². The lowest BCUT2D eigenvalue weighted by atomic mass is 9.87. The van der Waals surface area contributed by atoms with Crippen LogP contribution in [0.2, 0.25) is 5.02 Å². The molecule has 0 radical (unpaired) electrons. The maximum atomic E-state index is 11.0. The highest BCUT2D eigenvalue weighted by Gasteiger charge is 2.23. The van der Waals surface area contributed by atoms with Gasteiger partial charge < -0.3 is 0 Å². The molecule has 1 aliphatic rings. The Bertz CT molecular complexity index is 747. The highest BCUT2D eigenvalue weighted by molar-refractivity contribution is 6.30. The predicted molar refractivity (Wildman–Crippen MR) is 87.5 cm³/mol. The second-order valence-electron chi connectivity index (χ2n) is 5.20. The molecule has 4 heteroatoms. The Labute approximate surface area is 133 Å². The molecule has 0 saturated carbocycles. The molecule has 2 amide bonds. The number of rotatable bonds is 4. The zero-order valence-corrected chi connectivity index (χ0v) is 12.5. The van der Waals surface area contributed by atoms with Crippen molar-refractivity contribution in [1.82, 2.24) is 4.90 Å². The van der Waals surface area contributed by atoms with Gasteiger partial charge in [-0.05, 0) is 34.4 Å². The van der Waals surface area contributed by atoms with Gasteiger partial charge in [0.1, 0.15) is 0 Å². The van der Waals surface area contributed by atoms with Crippen molar-refractivity contribution in [3.63, 3.8) is 0 Å². The predicted octanol–water partition coefficient (Wildman–Crippen LogP) is 3.57. The third-order valence-electron chi connectivity index (χ3n) is 3.90. The van der Waals surface area contributed by atoms with E-state index in [0.29, 0.717) is 24.4 Å². The maximum absolute atomic E-state index is 11.0. The zero-order chi connectivity index (χ0) is 15.5. The van der Waals surface area contributed by atoms with Gasteiger partial charge in [-0.2, -0.15) is 0 Å². The van der Waals surface area contributed by atoms with E-state index in [2.05, 4.69) is 0 Å². The molecule has 0 bridgehead atoms. The van der Waals surface area contributed by atoms with Crippen LogP contribution in [0.3, 0.4) is 0 Å². The lowest BCUT2D eigenvalue weighted by Gasteiger charge is -2.23. The third kappa shape index (κ3) is 2.68. The minimum atomic E-state index is -0.102. The molecule has 0 N–H and O–H groups in total. The number of halogens is 1. The highest BCUT2D eigenvalue weighted by Crippen LogP contribution is 2.36. The summed E-state index contributed by atoms with van der Waals surface area (Å²) in [5, 5.41) is 0.639. The molecule has 110 valence electrons. The molecule has 2 aromatic rings. The minimum absolute atomic E-state index is 0.102. The first-order valence-corrected chi connectivity index (χ1v) is 7.33. The fourth-order valence-corrected chi connectivity index (χ4v) is 3.03. The minimum Gasteiger partial charge on any atom is -0.287 e. The zero-order valence-electron chi connectivity index (χ0n) is 11.8. The van der Waals surface area contributed by atoms with Gasteiger partial charge >= 0.3 is 0 Å². The molecule has 0 saturated heterocycles. The summed E-state index contributed by atoms with van der Waals surface area (Å²) in [5.74, 6) is -0.102. The van der Waals surface area contributed by atoms with E-state index < -0.39 is 0 Å². The third-order valence-corrected chi connectivity index (χ3v) is 4.14. The number of benzene rings is 2. The smallest absolute Gasteiger partial charge is 0.216 e. The molecule has 1 aliphatic carbocycles. The molecule has 3 rings (SSSR count). The van der Waals surface area contributed by atoms with E-state index >= 15 is 0 Å². The first-order chi connectivity index (χ1) is 10.7. The van der Waals surface area contributed by atoms with Crippen molar-refractivity contribution < 1.29 is 9.59 Å². The lowest BCUT2D eigenvalue weighted by Crippen LogP contribution is -2.27. The second kappa shape index (κ2) is 6.16. The molecule has 0 fully saturated rings. The molecule has 0 heterocycles. The molecule has 2 aromatic carbocycles. The molecule has 1 atom stereocenters. The standard InChI is InChI=1S/C18H14ClNO2/c19-15-8-7-14-6-5-13-3-1-2-4-16(13)18(17(14)9-15)10-20(11-21)12-22/h1-9,11-12,18H,10H2. The van der Waals surface area contributed by atoms with E-state index in [-0.39, 0.29) is 5.92 Å². The Balaban J connectivity index is 2.17. The number of carbonyl (C=O) groups excluding carboxylic acids is 2. The summed E-state index contributed by atoms with van der Waals surface area (Å²) in [6, 6.07) is 13.7. The topological polar surface area (TPSA) is 37.4 Å². The average molecular weight is 312 g/mol. The number of carbonyl (C=O) groups is 2. The van der Waals surface area contributed by atoms with Gasteiger partial charge in [0.2, 0.25) is 12.8 Å².